The lowest BCUT2D eigenvalue weighted by Crippen LogP contribution is -3.00. The molecule has 1 N–H and O–H groups in total. The Labute approximate surface area is 154 Å². The van der Waals surface area contributed by atoms with E-state index < -0.39 is 5.97 Å². The Balaban J connectivity index is 0.00000264. The number of hydrogen-bond acceptors (Lipinski definition) is 2. The molecule has 1 heterocycles. The van der Waals surface area contributed by atoms with Gasteiger partial charge in [0.1, 0.15) is 7.05 Å². The maximum absolute atomic E-state index is 10.8. The summed E-state index contributed by atoms with van der Waals surface area (Å²) in [5.41, 5.74) is 4.03. The van der Waals surface area contributed by atoms with Gasteiger partial charge in [-0.25, -0.2) is 4.57 Å². The molecule has 1 aromatic carbocycles. The fourth-order valence-corrected chi connectivity index (χ4v) is 2.15. The molecule has 0 fully saturated rings. The van der Waals surface area contributed by atoms with E-state index in [1.807, 2.05) is 56.2 Å². The van der Waals surface area contributed by atoms with Crippen molar-refractivity contribution < 1.29 is 38.4 Å². The second-order valence-corrected chi connectivity index (χ2v) is 5.46. The van der Waals surface area contributed by atoms with Gasteiger partial charge in [0.05, 0.1) is 6.42 Å². The van der Waals surface area contributed by atoms with Gasteiger partial charge in [-0.3, -0.25) is 4.79 Å². The summed E-state index contributed by atoms with van der Waals surface area (Å²) in [7, 11) is 5.97. The van der Waals surface area contributed by atoms with Crippen molar-refractivity contribution in [3.05, 3.63) is 59.4 Å². The molecule has 0 amide bonds. The Morgan fingerprint density at radius 2 is 1.83 bits per heavy atom. The van der Waals surface area contributed by atoms with E-state index in [2.05, 4.69) is 29.2 Å². The highest BCUT2D eigenvalue weighted by Crippen LogP contribution is 2.14. The van der Waals surface area contributed by atoms with Crippen LogP contribution in [0.4, 0.5) is 5.69 Å². The van der Waals surface area contributed by atoms with E-state index in [9.17, 15) is 4.79 Å². The molecule has 0 radical (unpaired) electrons. The molecule has 4 nitrogen and oxygen atoms in total. The number of benzene rings is 1. The molecule has 0 saturated carbocycles. The largest absolute Gasteiger partial charge is 1.00 e. The third kappa shape index (κ3) is 5.67. The number of carbonyl (C=O) groups is 1. The zero-order valence-electron chi connectivity index (χ0n) is 13.5. The maximum atomic E-state index is 10.8. The Hall–Kier alpha value is -1.89. The van der Waals surface area contributed by atoms with E-state index in [1.54, 1.807) is 0 Å². The van der Waals surface area contributed by atoms with Crippen molar-refractivity contribution in [2.45, 2.75) is 6.42 Å². The van der Waals surface area contributed by atoms with Crippen molar-refractivity contribution in [1.82, 2.24) is 0 Å². The van der Waals surface area contributed by atoms with Gasteiger partial charge in [0.25, 0.3) is 0 Å². The lowest BCUT2D eigenvalue weighted by molar-refractivity contribution is -0.673. The second-order valence-electron chi connectivity index (χ2n) is 5.46. The zero-order valence-corrected chi connectivity index (χ0v) is 15.7. The Kier molecular flexibility index (Phi) is 7.22. The fourth-order valence-electron chi connectivity index (χ4n) is 2.15. The number of aromatic nitrogens is 1. The van der Waals surface area contributed by atoms with E-state index in [4.69, 9.17) is 5.11 Å². The van der Waals surface area contributed by atoms with Gasteiger partial charge in [0.15, 0.2) is 6.20 Å². The van der Waals surface area contributed by atoms with Gasteiger partial charge < -0.3 is 34.0 Å². The molecule has 0 bridgehead atoms. The van der Waals surface area contributed by atoms with Crippen LogP contribution >= 0.6 is 0 Å². The van der Waals surface area contributed by atoms with Crippen LogP contribution in [0.1, 0.15) is 16.8 Å². The highest BCUT2D eigenvalue weighted by atomic mass is 127. The monoisotopic (exact) mass is 424 g/mol. The molecule has 0 saturated heterocycles. The van der Waals surface area contributed by atoms with Gasteiger partial charge in [-0.05, 0) is 29.3 Å². The lowest BCUT2D eigenvalue weighted by atomic mass is 10.1. The van der Waals surface area contributed by atoms with Crippen molar-refractivity contribution in [2.24, 2.45) is 7.05 Å². The molecular weight excluding hydrogens is 403 g/mol. The molecule has 23 heavy (non-hydrogen) atoms. The van der Waals surface area contributed by atoms with Gasteiger partial charge in [-0.2, -0.15) is 0 Å². The number of nitrogens with zero attached hydrogens (tertiary/aromatic N) is 2. The van der Waals surface area contributed by atoms with Crippen molar-refractivity contribution in [3.8, 4) is 0 Å². The van der Waals surface area contributed by atoms with Gasteiger partial charge in [0.2, 0.25) is 5.69 Å². The number of aryl methyl sites for hydroxylation is 1. The van der Waals surface area contributed by atoms with Crippen LogP contribution in [-0.4, -0.2) is 25.2 Å². The van der Waals surface area contributed by atoms with E-state index in [0.29, 0.717) is 0 Å². The summed E-state index contributed by atoms with van der Waals surface area (Å²) >= 11 is 0. The first-order valence-electron chi connectivity index (χ1n) is 7.11. The first-order valence-corrected chi connectivity index (χ1v) is 7.11. The van der Waals surface area contributed by atoms with Gasteiger partial charge in [-0.1, -0.05) is 12.1 Å². The molecule has 0 unspecified atom stereocenters. The van der Waals surface area contributed by atoms with E-state index in [-0.39, 0.29) is 30.4 Å². The SMILES string of the molecule is CN(C)c1ccc(/C=C/c2cc(CC(=O)O)cc[n+]2C)cc1.[I-]. The van der Waals surface area contributed by atoms with Crippen LogP contribution in [0.2, 0.25) is 0 Å². The molecule has 0 atom stereocenters. The van der Waals surface area contributed by atoms with Crippen LogP contribution in [0.5, 0.6) is 0 Å². The quantitative estimate of drug-likeness (QED) is 0.514. The molecule has 5 heteroatoms. The number of carboxylic acid groups (broad SMARTS) is 1. The number of aliphatic carboxylic acids is 1. The smallest absolute Gasteiger partial charge is 0.307 e. The molecule has 122 valence electrons. The van der Waals surface area contributed by atoms with Crippen LogP contribution in [0, 0.1) is 0 Å². The van der Waals surface area contributed by atoms with Crippen molar-refractivity contribution in [3.63, 3.8) is 0 Å². The number of anilines is 1. The third-order valence-electron chi connectivity index (χ3n) is 3.46. The maximum Gasteiger partial charge on any atom is 0.307 e. The highest BCUT2D eigenvalue weighted by molar-refractivity contribution is 5.71. The van der Waals surface area contributed by atoms with E-state index >= 15 is 0 Å². The van der Waals surface area contributed by atoms with Crippen molar-refractivity contribution >= 4 is 23.8 Å². The predicted molar refractivity (Wildman–Crippen MR) is 88.7 cm³/mol. The highest BCUT2D eigenvalue weighted by Gasteiger charge is 2.07. The minimum Gasteiger partial charge on any atom is -1.00 e. The molecule has 2 aromatic rings. The Bertz CT molecular complexity index is 695. The van der Waals surface area contributed by atoms with E-state index in [0.717, 1.165) is 22.5 Å². The fraction of sp³-hybridized carbons (Fsp3) is 0.222. The van der Waals surface area contributed by atoms with Gasteiger partial charge in [0, 0.05) is 38.0 Å². The molecule has 0 aliphatic carbocycles. The predicted octanol–water partition coefficient (Wildman–Crippen LogP) is -0.621. The van der Waals surface area contributed by atoms with Crippen molar-refractivity contribution in [2.75, 3.05) is 19.0 Å². The second kappa shape index (κ2) is 8.67. The third-order valence-corrected chi connectivity index (χ3v) is 3.46. The summed E-state index contributed by atoms with van der Waals surface area (Å²) in [6.45, 7) is 0. The summed E-state index contributed by atoms with van der Waals surface area (Å²) in [5, 5.41) is 8.88. The lowest BCUT2D eigenvalue weighted by Gasteiger charge is -2.11. The summed E-state index contributed by atoms with van der Waals surface area (Å²) in [6, 6.07) is 12.0. The summed E-state index contributed by atoms with van der Waals surface area (Å²) < 4.78 is 1.97. The molecular formula is C18H21IN2O2. The summed E-state index contributed by atoms with van der Waals surface area (Å²) in [5.74, 6) is -0.817. The Morgan fingerprint density at radius 1 is 1.17 bits per heavy atom. The molecule has 1 aromatic heterocycles. The van der Waals surface area contributed by atoms with Crippen molar-refractivity contribution in [1.29, 1.82) is 0 Å². The standard InChI is InChI=1S/C18H20N2O2.HI/c1-19(2)16-7-4-14(5-8-16)6-9-17-12-15(13-18(21)22)10-11-20(17)3;/h4-12H,13H2,1-3H3;1H. The molecule has 0 aliphatic rings. The average molecular weight is 424 g/mol. The molecule has 2 rings (SSSR count). The minimum atomic E-state index is -0.817. The Morgan fingerprint density at radius 3 is 2.39 bits per heavy atom. The number of rotatable bonds is 5. The van der Waals surface area contributed by atoms with E-state index in [1.165, 1.54) is 0 Å². The zero-order chi connectivity index (χ0) is 16.1. The summed E-state index contributed by atoms with van der Waals surface area (Å²) in [6.07, 6.45) is 5.95. The normalized spacial score (nSPS) is 10.4. The minimum absolute atomic E-state index is 0. The summed E-state index contributed by atoms with van der Waals surface area (Å²) in [4.78, 5) is 12.9. The van der Waals surface area contributed by atoms with Crippen LogP contribution < -0.4 is 33.4 Å². The topological polar surface area (TPSA) is 44.4 Å². The number of halogens is 1. The molecule has 0 spiro atoms. The van der Waals surface area contributed by atoms with Gasteiger partial charge in [-0.15, -0.1) is 0 Å². The van der Waals surface area contributed by atoms with Crippen LogP contribution in [0.3, 0.4) is 0 Å². The van der Waals surface area contributed by atoms with Crippen LogP contribution in [-0.2, 0) is 18.3 Å². The first-order chi connectivity index (χ1) is 10.5. The molecule has 0 aliphatic heterocycles. The number of pyridine rings is 1. The van der Waals surface area contributed by atoms with Crippen LogP contribution in [0.15, 0.2) is 42.6 Å². The first kappa shape index (κ1) is 19.2. The van der Waals surface area contributed by atoms with Crippen LogP contribution in [0.25, 0.3) is 12.2 Å². The van der Waals surface area contributed by atoms with Gasteiger partial charge >= 0.3 is 5.97 Å². The number of carboxylic acids is 1. The average Bonchev–Trinajstić information content (AvgIpc) is 2.47. The number of hydrogen-bond donors (Lipinski definition) is 1.